The summed E-state index contributed by atoms with van der Waals surface area (Å²) in [6.45, 7) is 4.43. The standard InChI is InChI=1S/C12H17FN2O2/c1-9(2)15-12(16)14-6-7-17-11-5-3-4-10(13)8-11/h3-5,8-9H,6-7H2,1-2H3,(H2,14,15,16). The van der Waals surface area contributed by atoms with Gasteiger partial charge in [-0.2, -0.15) is 0 Å². The first-order valence-electron chi connectivity index (χ1n) is 5.50. The zero-order valence-corrected chi connectivity index (χ0v) is 10.00. The van der Waals surface area contributed by atoms with Gasteiger partial charge in [0.1, 0.15) is 18.2 Å². The van der Waals surface area contributed by atoms with E-state index < -0.39 is 0 Å². The van der Waals surface area contributed by atoms with Gasteiger partial charge < -0.3 is 15.4 Å². The lowest BCUT2D eigenvalue weighted by molar-refractivity contribution is 0.234. The largest absolute Gasteiger partial charge is 0.492 e. The molecule has 2 N–H and O–H groups in total. The molecule has 0 aromatic heterocycles. The number of carbonyl (C=O) groups excluding carboxylic acids is 1. The highest BCUT2D eigenvalue weighted by molar-refractivity contribution is 5.74. The predicted molar refractivity (Wildman–Crippen MR) is 63.6 cm³/mol. The number of urea groups is 1. The second kappa shape index (κ2) is 6.73. The predicted octanol–water partition coefficient (Wildman–Crippen LogP) is 1.91. The summed E-state index contributed by atoms with van der Waals surface area (Å²) < 4.78 is 18.0. The Morgan fingerprint density at radius 1 is 1.47 bits per heavy atom. The molecule has 17 heavy (non-hydrogen) atoms. The zero-order valence-electron chi connectivity index (χ0n) is 10.00. The van der Waals surface area contributed by atoms with E-state index in [-0.39, 0.29) is 17.9 Å². The number of amides is 2. The Balaban J connectivity index is 2.18. The number of nitrogens with one attached hydrogen (secondary N) is 2. The highest BCUT2D eigenvalue weighted by atomic mass is 19.1. The van der Waals surface area contributed by atoms with Crippen molar-refractivity contribution in [3.8, 4) is 5.75 Å². The van der Waals surface area contributed by atoms with Crippen molar-refractivity contribution >= 4 is 6.03 Å². The molecular weight excluding hydrogens is 223 g/mol. The van der Waals surface area contributed by atoms with Crippen LogP contribution < -0.4 is 15.4 Å². The SMILES string of the molecule is CC(C)NC(=O)NCCOc1cccc(F)c1. The first-order valence-corrected chi connectivity index (χ1v) is 5.50. The summed E-state index contributed by atoms with van der Waals surface area (Å²) >= 11 is 0. The highest BCUT2D eigenvalue weighted by Gasteiger charge is 2.01. The Morgan fingerprint density at radius 3 is 2.88 bits per heavy atom. The van der Waals surface area contributed by atoms with Crippen LogP contribution in [0.1, 0.15) is 13.8 Å². The van der Waals surface area contributed by atoms with Gasteiger partial charge in [0.15, 0.2) is 0 Å². The molecule has 0 unspecified atom stereocenters. The molecule has 0 fully saturated rings. The van der Waals surface area contributed by atoms with Crippen molar-refractivity contribution in [3.05, 3.63) is 30.1 Å². The van der Waals surface area contributed by atoms with E-state index in [1.807, 2.05) is 13.8 Å². The van der Waals surface area contributed by atoms with Gasteiger partial charge in [-0.05, 0) is 26.0 Å². The topological polar surface area (TPSA) is 50.4 Å². The average molecular weight is 240 g/mol. The van der Waals surface area contributed by atoms with Gasteiger partial charge in [-0.3, -0.25) is 0 Å². The van der Waals surface area contributed by atoms with Gasteiger partial charge >= 0.3 is 6.03 Å². The van der Waals surface area contributed by atoms with E-state index in [0.717, 1.165) is 0 Å². The van der Waals surface area contributed by atoms with Crippen LogP contribution in [0.5, 0.6) is 5.75 Å². The van der Waals surface area contributed by atoms with E-state index in [0.29, 0.717) is 18.9 Å². The minimum Gasteiger partial charge on any atom is -0.492 e. The molecule has 1 aromatic carbocycles. The molecule has 1 aromatic rings. The number of ether oxygens (including phenoxy) is 1. The molecule has 94 valence electrons. The first-order chi connectivity index (χ1) is 8.08. The van der Waals surface area contributed by atoms with Crippen LogP contribution in [0.2, 0.25) is 0 Å². The molecule has 5 heteroatoms. The number of hydrogen-bond acceptors (Lipinski definition) is 2. The van der Waals surface area contributed by atoms with Crippen LogP contribution >= 0.6 is 0 Å². The normalized spacial score (nSPS) is 10.1. The van der Waals surface area contributed by atoms with Crippen LogP contribution in [0.25, 0.3) is 0 Å². The Labute approximate surface area is 100 Å². The lowest BCUT2D eigenvalue weighted by Crippen LogP contribution is -2.41. The lowest BCUT2D eigenvalue weighted by atomic mass is 10.3. The van der Waals surface area contributed by atoms with Crippen molar-refractivity contribution in [1.82, 2.24) is 10.6 Å². The van der Waals surface area contributed by atoms with Gasteiger partial charge in [-0.15, -0.1) is 0 Å². The molecule has 0 aliphatic rings. The molecule has 0 radical (unpaired) electrons. The van der Waals surface area contributed by atoms with Gasteiger partial charge in [0.05, 0.1) is 6.54 Å². The van der Waals surface area contributed by atoms with E-state index in [1.54, 1.807) is 12.1 Å². The summed E-state index contributed by atoms with van der Waals surface area (Å²) in [7, 11) is 0. The van der Waals surface area contributed by atoms with E-state index in [4.69, 9.17) is 4.74 Å². The number of hydrogen-bond donors (Lipinski definition) is 2. The molecule has 0 heterocycles. The van der Waals surface area contributed by atoms with Gasteiger partial charge in [-0.25, -0.2) is 9.18 Å². The smallest absolute Gasteiger partial charge is 0.315 e. The summed E-state index contributed by atoms with van der Waals surface area (Å²) in [5, 5.41) is 5.31. The summed E-state index contributed by atoms with van der Waals surface area (Å²) in [5.74, 6) is 0.115. The third-order valence-electron chi connectivity index (χ3n) is 1.87. The minimum atomic E-state index is -0.340. The summed E-state index contributed by atoms with van der Waals surface area (Å²) in [6, 6.07) is 5.75. The van der Waals surface area contributed by atoms with Crippen LogP contribution in [0.15, 0.2) is 24.3 Å². The van der Waals surface area contributed by atoms with Crippen LogP contribution in [-0.2, 0) is 0 Å². The molecule has 4 nitrogen and oxygen atoms in total. The maximum Gasteiger partial charge on any atom is 0.315 e. The van der Waals surface area contributed by atoms with Crippen LogP contribution in [0, 0.1) is 5.82 Å². The van der Waals surface area contributed by atoms with Crippen molar-refractivity contribution in [2.75, 3.05) is 13.2 Å². The van der Waals surface area contributed by atoms with Crippen molar-refractivity contribution in [1.29, 1.82) is 0 Å². The Hall–Kier alpha value is -1.78. The van der Waals surface area contributed by atoms with Crippen molar-refractivity contribution in [2.24, 2.45) is 0 Å². The van der Waals surface area contributed by atoms with Crippen molar-refractivity contribution in [3.63, 3.8) is 0 Å². The van der Waals surface area contributed by atoms with E-state index in [2.05, 4.69) is 10.6 Å². The molecular formula is C12H17FN2O2. The highest BCUT2D eigenvalue weighted by Crippen LogP contribution is 2.11. The molecule has 0 spiro atoms. The summed E-state index contributed by atoms with van der Waals surface area (Å²) in [5.41, 5.74) is 0. The number of benzene rings is 1. The van der Waals surface area contributed by atoms with Gasteiger partial charge in [0, 0.05) is 12.1 Å². The van der Waals surface area contributed by atoms with Crippen LogP contribution in [0.4, 0.5) is 9.18 Å². The van der Waals surface area contributed by atoms with Crippen LogP contribution in [0.3, 0.4) is 0 Å². The van der Waals surface area contributed by atoms with Gasteiger partial charge in [-0.1, -0.05) is 6.07 Å². The van der Waals surface area contributed by atoms with Crippen molar-refractivity contribution in [2.45, 2.75) is 19.9 Å². The number of rotatable bonds is 5. The van der Waals surface area contributed by atoms with Gasteiger partial charge in [0.25, 0.3) is 0 Å². The summed E-state index contributed by atoms with van der Waals surface area (Å²) in [6.07, 6.45) is 0. The molecule has 0 saturated heterocycles. The lowest BCUT2D eigenvalue weighted by Gasteiger charge is -2.10. The van der Waals surface area contributed by atoms with Gasteiger partial charge in [0.2, 0.25) is 0 Å². The average Bonchev–Trinajstić information content (AvgIpc) is 2.23. The Morgan fingerprint density at radius 2 is 2.24 bits per heavy atom. The maximum absolute atomic E-state index is 12.8. The molecule has 0 saturated carbocycles. The Bertz CT molecular complexity index is 369. The number of halogens is 1. The van der Waals surface area contributed by atoms with E-state index >= 15 is 0 Å². The van der Waals surface area contributed by atoms with E-state index in [1.165, 1.54) is 12.1 Å². The maximum atomic E-state index is 12.8. The van der Waals surface area contributed by atoms with Crippen molar-refractivity contribution < 1.29 is 13.9 Å². The summed E-state index contributed by atoms with van der Waals surface area (Å²) in [4.78, 5) is 11.2. The molecule has 0 aliphatic heterocycles. The quantitative estimate of drug-likeness (QED) is 0.772. The fourth-order valence-corrected chi connectivity index (χ4v) is 1.20. The van der Waals surface area contributed by atoms with E-state index in [9.17, 15) is 9.18 Å². The molecule has 2 amide bonds. The Kier molecular flexibility index (Phi) is 5.26. The third kappa shape index (κ3) is 5.75. The molecule has 0 bridgehead atoms. The first kappa shape index (κ1) is 13.3. The molecule has 1 rings (SSSR count). The molecule has 0 atom stereocenters. The second-order valence-corrected chi connectivity index (χ2v) is 3.86. The fourth-order valence-electron chi connectivity index (χ4n) is 1.20. The minimum absolute atomic E-state index is 0.0964. The van der Waals surface area contributed by atoms with Crippen LogP contribution in [-0.4, -0.2) is 25.2 Å². The second-order valence-electron chi connectivity index (χ2n) is 3.86. The number of carbonyl (C=O) groups is 1. The fraction of sp³-hybridized carbons (Fsp3) is 0.417. The zero-order chi connectivity index (χ0) is 12.7. The monoisotopic (exact) mass is 240 g/mol. The third-order valence-corrected chi connectivity index (χ3v) is 1.87. The molecule has 0 aliphatic carbocycles.